The normalized spacial score (nSPS) is 17.8. The van der Waals surface area contributed by atoms with E-state index in [0.717, 1.165) is 6.42 Å². The number of carbonyl (C=O) groups excluding carboxylic acids is 1. The molecule has 0 radical (unpaired) electrons. The van der Waals surface area contributed by atoms with E-state index in [-0.39, 0.29) is 30.0 Å². The molecule has 3 N–H and O–H groups in total. The van der Waals surface area contributed by atoms with Crippen LogP contribution in [0.3, 0.4) is 0 Å². The van der Waals surface area contributed by atoms with Crippen molar-refractivity contribution in [3.05, 3.63) is 0 Å². The van der Waals surface area contributed by atoms with Crippen molar-refractivity contribution in [3.8, 4) is 0 Å². The van der Waals surface area contributed by atoms with E-state index in [1.165, 1.54) is 4.31 Å². The van der Waals surface area contributed by atoms with Gasteiger partial charge >= 0.3 is 0 Å². The fourth-order valence-corrected chi connectivity index (χ4v) is 3.99. The predicted octanol–water partition coefficient (Wildman–Crippen LogP) is 1.10. The molecule has 0 aliphatic carbocycles. The summed E-state index contributed by atoms with van der Waals surface area (Å²) < 4.78 is 25.7. The zero-order chi connectivity index (χ0) is 16.1. The Morgan fingerprint density at radius 1 is 1.32 bits per heavy atom. The quantitative estimate of drug-likeness (QED) is 0.715. The predicted molar refractivity (Wildman–Crippen MR) is 91.5 cm³/mol. The van der Waals surface area contributed by atoms with Crippen LogP contribution in [0.15, 0.2) is 0 Å². The number of carbonyl (C=O) groups is 1. The van der Waals surface area contributed by atoms with E-state index in [2.05, 4.69) is 5.32 Å². The Morgan fingerprint density at radius 2 is 1.86 bits per heavy atom. The number of sulfonamides is 1. The zero-order valence-corrected chi connectivity index (χ0v) is 15.4. The molecular weight excluding hydrogens is 326 g/mol. The molecule has 132 valence electrons. The largest absolute Gasteiger partial charge is 0.354 e. The summed E-state index contributed by atoms with van der Waals surface area (Å²) in [6.07, 6.45) is 2.73. The lowest BCUT2D eigenvalue weighted by Crippen LogP contribution is -2.48. The first-order chi connectivity index (χ1) is 9.65. The second-order valence-corrected chi connectivity index (χ2v) is 8.64. The third kappa shape index (κ3) is 7.26. The van der Waals surface area contributed by atoms with Crippen LogP contribution < -0.4 is 11.1 Å². The summed E-state index contributed by atoms with van der Waals surface area (Å²) >= 11 is 0. The molecule has 1 aliphatic rings. The average Bonchev–Trinajstić information content (AvgIpc) is 2.42. The summed E-state index contributed by atoms with van der Waals surface area (Å²) in [5.74, 6) is 0.0888. The molecule has 6 nitrogen and oxygen atoms in total. The molecule has 1 aliphatic heterocycles. The van der Waals surface area contributed by atoms with Gasteiger partial charge in [-0.25, -0.2) is 12.7 Å². The number of unbranched alkanes of at least 4 members (excludes halogenated alkanes) is 1. The molecule has 0 bridgehead atoms. The van der Waals surface area contributed by atoms with Gasteiger partial charge in [0.15, 0.2) is 0 Å². The monoisotopic (exact) mass is 355 g/mol. The van der Waals surface area contributed by atoms with Gasteiger partial charge in [-0.05, 0) is 33.1 Å². The number of amides is 1. The van der Waals surface area contributed by atoms with E-state index in [0.29, 0.717) is 38.9 Å². The Bertz CT molecular complexity index is 441. The summed E-state index contributed by atoms with van der Waals surface area (Å²) in [6, 6.07) is 0. The highest BCUT2D eigenvalue weighted by Gasteiger charge is 2.30. The van der Waals surface area contributed by atoms with Crippen molar-refractivity contribution in [1.82, 2.24) is 9.62 Å². The van der Waals surface area contributed by atoms with Crippen LogP contribution in [0.25, 0.3) is 0 Å². The van der Waals surface area contributed by atoms with Crippen LogP contribution in [-0.4, -0.2) is 49.6 Å². The Hall–Kier alpha value is -0.370. The third-order valence-electron chi connectivity index (χ3n) is 3.69. The smallest absolute Gasteiger partial charge is 0.223 e. The van der Waals surface area contributed by atoms with Gasteiger partial charge < -0.3 is 11.1 Å². The first-order valence-corrected chi connectivity index (χ1v) is 9.31. The van der Waals surface area contributed by atoms with Gasteiger partial charge in [0.2, 0.25) is 15.9 Å². The second kappa shape index (κ2) is 9.05. The molecule has 8 heteroatoms. The topological polar surface area (TPSA) is 92.5 Å². The highest BCUT2D eigenvalue weighted by Crippen LogP contribution is 2.20. The van der Waals surface area contributed by atoms with Crippen molar-refractivity contribution in [2.75, 3.05) is 25.4 Å². The van der Waals surface area contributed by atoms with Crippen LogP contribution >= 0.6 is 12.4 Å². The molecule has 0 aromatic rings. The fourth-order valence-electron chi connectivity index (χ4n) is 2.31. The van der Waals surface area contributed by atoms with Gasteiger partial charge in [-0.2, -0.15) is 0 Å². The lowest BCUT2D eigenvalue weighted by Gasteiger charge is -2.31. The average molecular weight is 356 g/mol. The molecule has 22 heavy (non-hydrogen) atoms. The van der Waals surface area contributed by atoms with E-state index in [4.69, 9.17) is 5.73 Å². The van der Waals surface area contributed by atoms with Crippen molar-refractivity contribution in [2.45, 2.75) is 52.0 Å². The highest BCUT2D eigenvalue weighted by molar-refractivity contribution is 7.89. The summed E-state index contributed by atoms with van der Waals surface area (Å²) in [7, 11) is -3.15. The van der Waals surface area contributed by atoms with E-state index in [1.54, 1.807) is 0 Å². The van der Waals surface area contributed by atoms with Gasteiger partial charge in [0.05, 0.1) is 5.75 Å². The molecule has 0 saturated carbocycles. The van der Waals surface area contributed by atoms with E-state index in [1.807, 2.05) is 20.8 Å². The Kier molecular flexibility index (Phi) is 8.90. The minimum absolute atomic E-state index is 0. The Morgan fingerprint density at radius 3 is 2.32 bits per heavy atom. The third-order valence-corrected chi connectivity index (χ3v) is 5.65. The summed E-state index contributed by atoms with van der Waals surface area (Å²) in [5, 5.41) is 2.85. The van der Waals surface area contributed by atoms with Gasteiger partial charge in [0.1, 0.15) is 0 Å². The number of hydrogen-bond donors (Lipinski definition) is 2. The fraction of sp³-hybridized carbons (Fsp3) is 0.929. The number of nitrogens with zero attached hydrogens (tertiary/aromatic N) is 1. The molecule has 0 unspecified atom stereocenters. The molecule has 0 aromatic heterocycles. The summed E-state index contributed by atoms with van der Waals surface area (Å²) in [4.78, 5) is 12.0. The molecule has 1 fully saturated rings. The van der Waals surface area contributed by atoms with E-state index >= 15 is 0 Å². The van der Waals surface area contributed by atoms with Crippen molar-refractivity contribution in [3.63, 3.8) is 0 Å². The van der Waals surface area contributed by atoms with Crippen LogP contribution in [0.1, 0.15) is 46.5 Å². The molecule has 1 saturated heterocycles. The van der Waals surface area contributed by atoms with Crippen molar-refractivity contribution in [2.24, 2.45) is 11.7 Å². The number of rotatable bonds is 7. The number of piperidine rings is 1. The molecule has 1 rings (SSSR count). The molecule has 0 atom stereocenters. The van der Waals surface area contributed by atoms with E-state index < -0.39 is 15.6 Å². The van der Waals surface area contributed by atoms with Crippen molar-refractivity contribution in [1.29, 1.82) is 0 Å². The van der Waals surface area contributed by atoms with Crippen LogP contribution in [0, 0.1) is 5.92 Å². The maximum absolute atomic E-state index is 12.1. The highest BCUT2D eigenvalue weighted by atomic mass is 35.5. The Labute approximate surface area is 140 Å². The second-order valence-electron chi connectivity index (χ2n) is 6.55. The lowest BCUT2D eigenvalue weighted by molar-refractivity contribution is -0.126. The number of nitrogens with two attached hydrogens (primary N) is 1. The molecule has 1 amide bonds. The van der Waals surface area contributed by atoms with Gasteiger partial charge in [-0.15, -0.1) is 12.4 Å². The maximum atomic E-state index is 12.1. The first kappa shape index (κ1) is 21.6. The molecule has 1 heterocycles. The molecule has 0 aromatic carbocycles. The number of nitrogens with one attached hydrogen (secondary N) is 1. The van der Waals surface area contributed by atoms with Gasteiger partial charge in [-0.1, -0.05) is 13.3 Å². The zero-order valence-electron chi connectivity index (χ0n) is 13.8. The van der Waals surface area contributed by atoms with Crippen molar-refractivity contribution >= 4 is 28.3 Å². The summed E-state index contributed by atoms with van der Waals surface area (Å²) in [6.45, 7) is 7.00. The van der Waals surface area contributed by atoms with Crippen LogP contribution in [0.5, 0.6) is 0 Å². The Balaban J connectivity index is 0.00000441. The van der Waals surface area contributed by atoms with Crippen LogP contribution in [-0.2, 0) is 14.8 Å². The standard InChI is InChI=1S/C14H29N3O3S.ClH/c1-4-5-10-21(19,20)17-8-6-12(7-9-17)13(18)16-11-14(2,3)15;/h12H,4-11,15H2,1-3H3,(H,16,18);1H. The summed E-state index contributed by atoms with van der Waals surface area (Å²) in [5.41, 5.74) is 5.41. The van der Waals surface area contributed by atoms with E-state index in [9.17, 15) is 13.2 Å². The minimum atomic E-state index is -3.15. The molecule has 0 spiro atoms. The number of hydrogen-bond acceptors (Lipinski definition) is 4. The van der Waals surface area contributed by atoms with Gasteiger partial charge in [-0.3, -0.25) is 4.79 Å². The number of halogens is 1. The SMILES string of the molecule is CCCCS(=O)(=O)N1CCC(C(=O)NCC(C)(C)N)CC1.Cl. The lowest BCUT2D eigenvalue weighted by atomic mass is 9.96. The maximum Gasteiger partial charge on any atom is 0.223 e. The minimum Gasteiger partial charge on any atom is -0.354 e. The van der Waals surface area contributed by atoms with Crippen molar-refractivity contribution < 1.29 is 13.2 Å². The molecular formula is C14H30ClN3O3S. The first-order valence-electron chi connectivity index (χ1n) is 7.70. The van der Waals surface area contributed by atoms with Crippen LogP contribution in [0.4, 0.5) is 0 Å². The van der Waals surface area contributed by atoms with Gasteiger partial charge in [0, 0.05) is 31.1 Å². The van der Waals surface area contributed by atoms with Gasteiger partial charge in [0.25, 0.3) is 0 Å². The van der Waals surface area contributed by atoms with Crippen LogP contribution in [0.2, 0.25) is 0 Å².